The zero-order chi connectivity index (χ0) is 24.1. The van der Waals surface area contributed by atoms with Gasteiger partial charge in [-0.2, -0.15) is 0 Å². The average Bonchev–Trinajstić information content (AvgIpc) is 3.20. The number of methoxy groups -OCH3 is 1. The van der Waals surface area contributed by atoms with Crippen LogP contribution in [0.1, 0.15) is 11.1 Å². The summed E-state index contributed by atoms with van der Waals surface area (Å²) in [5.74, 6) is -0.586. The topological polar surface area (TPSA) is 113 Å². The number of rotatable bonds is 7. The van der Waals surface area contributed by atoms with Gasteiger partial charge in [-0.1, -0.05) is 48.5 Å². The summed E-state index contributed by atoms with van der Waals surface area (Å²) in [4.78, 5) is 42.2. The van der Waals surface area contributed by atoms with Gasteiger partial charge in [-0.15, -0.1) is 0 Å². The average molecular weight is 522 g/mol. The number of ether oxygens (including phenoxy) is 2. The highest BCUT2D eigenvalue weighted by atomic mass is 79.9. The molecule has 8 nitrogen and oxygen atoms in total. The first kappa shape index (κ1) is 23.1. The van der Waals surface area contributed by atoms with Crippen molar-refractivity contribution in [2.45, 2.75) is 0 Å². The second kappa shape index (κ2) is 10.2. The fourth-order valence-electron chi connectivity index (χ4n) is 3.37. The molecule has 0 saturated carbocycles. The van der Waals surface area contributed by atoms with Gasteiger partial charge in [0.05, 0.1) is 29.4 Å². The molecule has 172 valence electrons. The summed E-state index contributed by atoms with van der Waals surface area (Å²) in [5, 5.41) is 2.68. The van der Waals surface area contributed by atoms with Crippen LogP contribution in [0.5, 0.6) is 5.75 Å². The normalized spacial score (nSPS) is 11.3. The monoisotopic (exact) mass is 521 g/mol. The first-order valence-electron chi connectivity index (χ1n) is 10.2. The molecule has 0 unspecified atom stereocenters. The van der Waals surface area contributed by atoms with E-state index in [0.29, 0.717) is 38.1 Å². The highest BCUT2D eigenvalue weighted by Gasteiger charge is 2.17. The van der Waals surface area contributed by atoms with E-state index < -0.39 is 18.5 Å². The number of aromatic nitrogens is 2. The molecule has 9 heteroatoms. The van der Waals surface area contributed by atoms with Crippen LogP contribution in [0.4, 0.5) is 5.69 Å². The van der Waals surface area contributed by atoms with E-state index in [1.807, 2.05) is 36.4 Å². The minimum absolute atomic E-state index is 0.283. The molecule has 0 bridgehead atoms. The van der Waals surface area contributed by atoms with Gasteiger partial charge in [-0.25, -0.2) is 9.59 Å². The van der Waals surface area contributed by atoms with Crippen LogP contribution >= 0.6 is 15.9 Å². The molecule has 0 aliphatic carbocycles. The molecule has 3 aromatic carbocycles. The molecule has 1 heterocycles. The van der Waals surface area contributed by atoms with E-state index in [1.54, 1.807) is 43.5 Å². The van der Waals surface area contributed by atoms with E-state index in [-0.39, 0.29) is 11.3 Å². The van der Waals surface area contributed by atoms with Crippen LogP contribution in [-0.2, 0) is 14.3 Å². The van der Waals surface area contributed by atoms with Crippen molar-refractivity contribution in [1.82, 2.24) is 9.97 Å². The highest BCUT2D eigenvalue weighted by molar-refractivity contribution is 9.10. The molecule has 4 rings (SSSR count). The summed E-state index contributed by atoms with van der Waals surface area (Å²) in [7, 11) is 1.55. The Morgan fingerprint density at radius 1 is 1.00 bits per heavy atom. The van der Waals surface area contributed by atoms with E-state index >= 15 is 0 Å². The number of hydrogen-bond donors (Lipinski definition) is 3. The van der Waals surface area contributed by atoms with E-state index in [4.69, 9.17) is 9.47 Å². The summed E-state index contributed by atoms with van der Waals surface area (Å²) in [6.45, 7) is -0.497. The van der Waals surface area contributed by atoms with Gasteiger partial charge in [0.1, 0.15) is 5.75 Å². The van der Waals surface area contributed by atoms with Crippen molar-refractivity contribution in [3.8, 4) is 5.75 Å². The number of hydrogen-bond acceptors (Lipinski definition) is 5. The molecule has 1 amide bonds. The smallest absolute Gasteiger partial charge is 0.339 e. The summed E-state index contributed by atoms with van der Waals surface area (Å²) in [6.07, 6.45) is 1.67. The number of fused-ring (bicyclic) bond motifs is 1. The van der Waals surface area contributed by atoms with E-state index in [1.165, 1.54) is 0 Å². The Kier molecular flexibility index (Phi) is 6.93. The van der Waals surface area contributed by atoms with Crippen LogP contribution < -0.4 is 15.7 Å². The van der Waals surface area contributed by atoms with Gasteiger partial charge in [0.25, 0.3) is 5.91 Å². The lowest BCUT2D eigenvalue weighted by molar-refractivity contribution is -0.141. The van der Waals surface area contributed by atoms with Crippen LogP contribution in [0, 0.1) is 0 Å². The van der Waals surface area contributed by atoms with Crippen LogP contribution in [0.3, 0.4) is 0 Å². The highest BCUT2D eigenvalue weighted by Crippen LogP contribution is 2.27. The number of imidazole rings is 1. The predicted octanol–water partition coefficient (Wildman–Crippen LogP) is 4.35. The number of nitrogens with one attached hydrogen (secondary N) is 3. The van der Waals surface area contributed by atoms with Crippen molar-refractivity contribution < 1.29 is 19.1 Å². The van der Waals surface area contributed by atoms with Crippen molar-refractivity contribution in [1.29, 1.82) is 0 Å². The maximum absolute atomic E-state index is 13.0. The Morgan fingerprint density at radius 2 is 1.68 bits per heavy atom. The SMILES string of the molecule is COc1ccccc1C=C(C(=O)OCC(=O)Nc1cc2[nH]c(=O)[nH]c2cc1Br)c1ccccc1. The Labute approximate surface area is 202 Å². The van der Waals surface area contributed by atoms with Gasteiger partial charge in [0.15, 0.2) is 6.61 Å². The maximum atomic E-state index is 13.0. The fraction of sp³-hybridized carbons (Fsp3) is 0.0800. The van der Waals surface area contributed by atoms with Crippen molar-refractivity contribution in [2.24, 2.45) is 0 Å². The first-order chi connectivity index (χ1) is 16.4. The van der Waals surface area contributed by atoms with Crippen LogP contribution in [0.25, 0.3) is 22.7 Å². The van der Waals surface area contributed by atoms with Gasteiger partial charge in [-0.3, -0.25) is 4.79 Å². The van der Waals surface area contributed by atoms with Crippen molar-refractivity contribution in [3.63, 3.8) is 0 Å². The third-order valence-electron chi connectivity index (χ3n) is 4.96. The van der Waals surface area contributed by atoms with Crippen LogP contribution in [-0.4, -0.2) is 35.6 Å². The van der Waals surface area contributed by atoms with E-state index in [9.17, 15) is 14.4 Å². The second-order valence-corrected chi connectivity index (χ2v) is 8.10. The molecule has 0 atom stereocenters. The number of H-pyrrole nitrogens is 2. The number of carbonyl (C=O) groups excluding carboxylic acids is 2. The molecular formula is C25H20BrN3O5. The number of anilines is 1. The van der Waals surface area contributed by atoms with Gasteiger partial charge in [-0.05, 0) is 45.8 Å². The largest absolute Gasteiger partial charge is 0.496 e. The van der Waals surface area contributed by atoms with Crippen LogP contribution in [0.2, 0.25) is 0 Å². The number of aromatic amines is 2. The second-order valence-electron chi connectivity index (χ2n) is 7.25. The molecular weight excluding hydrogens is 502 g/mol. The minimum atomic E-state index is -0.656. The molecule has 1 aromatic heterocycles. The summed E-state index contributed by atoms with van der Waals surface area (Å²) in [5.41, 5.74) is 2.82. The van der Waals surface area contributed by atoms with Gasteiger partial charge >= 0.3 is 11.7 Å². The summed E-state index contributed by atoms with van der Waals surface area (Å²) >= 11 is 3.36. The first-order valence-corrected chi connectivity index (χ1v) is 11.0. The van der Waals surface area contributed by atoms with Gasteiger partial charge < -0.3 is 24.8 Å². The predicted molar refractivity (Wildman–Crippen MR) is 134 cm³/mol. The van der Waals surface area contributed by atoms with E-state index in [0.717, 1.165) is 0 Å². The summed E-state index contributed by atoms with van der Waals surface area (Å²) in [6, 6.07) is 19.6. The zero-order valence-electron chi connectivity index (χ0n) is 18.1. The van der Waals surface area contributed by atoms with E-state index in [2.05, 4.69) is 31.2 Å². The fourth-order valence-corrected chi connectivity index (χ4v) is 3.81. The maximum Gasteiger partial charge on any atom is 0.339 e. The van der Waals surface area contributed by atoms with Gasteiger partial charge in [0.2, 0.25) is 0 Å². The van der Waals surface area contributed by atoms with Crippen LogP contribution in [0.15, 0.2) is 76.0 Å². The number of para-hydroxylation sites is 1. The van der Waals surface area contributed by atoms with Crippen molar-refractivity contribution >= 4 is 56.2 Å². The standard InChI is InChI=1S/C25H20BrN3O5/c1-33-22-10-6-5-9-16(22)11-17(15-7-3-2-4-8-15)24(31)34-14-23(30)27-19-13-21-20(12-18(19)26)28-25(32)29-21/h2-13H,14H2,1H3,(H,27,30)(H2,28,29,32). The lowest BCUT2D eigenvalue weighted by Crippen LogP contribution is -2.21. The molecule has 0 fully saturated rings. The third-order valence-corrected chi connectivity index (χ3v) is 5.61. The molecule has 0 saturated heterocycles. The van der Waals surface area contributed by atoms with Crippen molar-refractivity contribution in [2.75, 3.05) is 19.0 Å². The Morgan fingerprint density at radius 3 is 2.41 bits per heavy atom. The molecule has 4 aromatic rings. The Bertz CT molecular complexity index is 1440. The lowest BCUT2D eigenvalue weighted by atomic mass is 10.0. The van der Waals surface area contributed by atoms with Gasteiger partial charge in [0, 0.05) is 10.0 Å². The number of halogens is 1. The number of carbonyl (C=O) groups is 2. The number of esters is 1. The number of amides is 1. The molecule has 34 heavy (non-hydrogen) atoms. The molecule has 0 aliphatic heterocycles. The number of benzene rings is 3. The minimum Gasteiger partial charge on any atom is -0.496 e. The molecule has 0 radical (unpaired) electrons. The summed E-state index contributed by atoms with van der Waals surface area (Å²) < 4.78 is 11.3. The lowest BCUT2D eigenvalue weighted by Gasteiger charge is -2.11. The Hall–Kier alpha value is -4.11. The third kappa shape index (κ3) is 5.26. The molecule has 0 spiro atoms. The van der Waals surface area contributed by atoms with Crippen molar-refractivity contribution in [3.05, 3.63) is 92.8 Å². The Balaban J connectivity index is 1.52. The molecule has 0 aliphatic rings. The quantitative estimate of drug-likeness (QED) is 0.190. The molecule has 3 N–H and O–H groups in total. The zero-order valence-corrected chi connectivity index (χ0v) is 19.6.